The van der Waals surface area contributed by atoms with Crippen molar-refractivity contribution in [3.63, 3.8) is 0 Å². The maximum atomic E-state index is 11.4. The van der Waals surface area contributed by atoms with Crippen LogP contribution in [-0.2, 0) is 11.2 Å². The first-order valence-corrected chi connectivity index (χ1v) is 9.08. The van der Waals surface area contributed by atoms with Crippen molar-refractivity contribution >= 4 is 29.8 Å². The fourth-order valence-electron chi connectivity index (χ4n) is 2.95. The molecule has 0 saturated heterocycles. The SMILES string of the molecule is C=Nc1c(C(N)=O)cnn2cc(-c3ccccc3)cc12.O=C(O)Cc1ccccc1. The molecule has 4 aromatic rings. The van der Waals surface area contributed by atoms with Gasteiger partial charge in [-0.05, 0) is 23.9 Å². The smallest absolute Gasteiger partial charge is 0.307 e. The minimum Gasteiger partial charge on any atom is -0.481 e. The molecule has 0 aliphatic rings. The largest absolute Gasteiger partial charge is 0.481 e. The third-order valence-corrected chi connectivity index (χ3v) is 4.34. The van der Waals surface area contributed by atoms with E-state index >= 15 is 0 Å². The maximum absolute atomic E-state index is 11.4. The zero-order valence-corrected chi connectivity index (χ0v) is 16.1. The Hall–Kier alpha value is -4.26. The molecule has 0 unspecified atom stereocenters. The summed E-state index contributed by atoms with van der Waals surface area (Å²) < 4.78 is 1.67. The van der Waals surface area contributed by atoms with Gasteiger partial charge in [-0.1, -0.05) is 60.7 Å². The topological polar surface area (TPSA) is 110 Å². The fraction of sp³-hybridized carbons (Fsp3) is 0.0435. The van der Waals surface area contributed by atoms with Gasteiger partial charge in [-0.3, -0.25) is 14.6 Å². The Labute approximate surface area is 173 Å². The van der Waals surface area contributed by atoms with Gasteiger partial charge < -0.3 is 10.8 Å². The Morgan fingerprint density at radius 2 is 1.67 bits per heavy atom. The van der Waals surface area contributed by atoms with E-state index in [1.807, 2.05) is 60.8 Å². The van der Waals surface area contributed by atoms with E-state index < -0.39 is 11.9 Å². The number of amides is 1. The minimum absolute atomic E-state index is 0.112. The second-order valence-electron chi connectivity index (χ2n) is 6.41. The van der Waals surface area contributed by atoms with Gasteiger partial charge in [-0.2, -0.15) is 5.10 Å². The van der Waals surface area contributed by atoms with Crippen LogP contribution in [0.25, 0.3) is 16.6 Å². The van der Waals surface area contributed by atoms with E-state index in [-0.39, 0.29) is 12.0 Å². The summed E-state index contributed by atoms with van der Waals surface area (Å²) in [6.45, 7) is 3.51. The van der Waals surface area contributed by atoms with Crippen molar-refractivity contribution in [3.05, 3.63) is 90.3 Å². The number of aromatic nitrogens is 2. The molecule has 3 N–H and O–H groups in total. The van der Waals surface area contributed by atoms with E-state index in [0.717, 1.165) is 16.7 Å². The van der Waals surface area contributed by atoms with Crippen molar-refractivity contribution in [1.82, 2.24) is 9.61 Å². The van der Waals surface area contributed by atoms with Gasteiger partial charge in [0.25, 0.3) is 5.91 Å². The number of carbonyl (C=O) groups is 2. The van der Waals surface area contributed by atoms with Crippen LogP contribution in [-0.4, -0.2) is 33.3 Å². The summed E-state index contributed by atoms with van der Waals surface area (Å²) in [4.78, 5) is 25.5. The molecule has 7 heteroatoms. The van der Waals surface area contributed by atoms with Gasteiger partial charge in [0.15, 0.2) is 0 Å². The van der Waals surface area contributed by atoms with Gasteiger partial charge in [0, 0.05) is 11.8 Å². The monoisotopic (exact) mass is 400 g/mol. The number of hydrogen-bond acceptors (Lipinski definition) is 4. The molecule has 0 fully saturated rings. The average molecular weight is 400 g/mol. The molecule has 0 atom stereocenters. The molecular weight excluding hydrogens is 380 g/mol. The molecular formula is C23H20N4O3. The van der Waals surface area contributed by atoms with Crippen molar-refractivity contribution in [2.24, 2.45) is 10.7 Å². The summed E-state index contributed by atoms with van der Waals surface area (Å²) >= 11 is 0. The molecule has 30 heavy (non-hydrogen) atoms. The van der Waals surface area contributed by atoms with Crippen LogP contribution in [0.5, 0.6) is 0 Å². The Bertz CT molecular complexity index is 1190. The summed E-state index contributed by atoms with van der Waals surface area (Å²) in [6.07, 6.45) is 3.40. The molecule has 0 aliphatic heterocycles. The highest BCUT2D eigenvalue weighted by Crippen LogP contribution is 2.29. The van der Waals surface area contributed by atoms with E-state index in [2.05, 4.69) is 16.8 Å². The zero-order valence-electron chi connectivity index (χ0n) is 16.1. The first kappa shape index (κ1) is 20.5. The van der Waals surface area contributed by atoms with E-state index in [4.69, 9.17) is 10.8 Å². The number of rotatable bonds is 5. The summed E-state index contributed by atoms with van der Waals surface area (Å²) in [5, 5.41) is 12.6. The normalized spacial score (nSPS) is 10.1. The Morgan fingerprint density at radius 3 is 2.23 bits per heavy atom. The van der Waals surface area contributed by atoms with Crippen molar-refractivity contribution < 1.29 is 14.7 Å². The number of carbonyl (C=O) groups excluding carboxylic acids is 1. The predicted octanol–water partition coefficient (Wildman–Crippen LogP) is 3.75. The summed E-state index contributed by atoms with van der Waals surface area (Å²) in [7, 11) is 0. The molecule has 1 amide bonds. The Balaban J connectivity index is 0.000000216. The van der Waals surface area contributed by atoms with Crippen LogP contribution in [0.4, 0.5) is 5.69 Å². The molecule has 7 nitrogen and oxygen atoms in total. The van der Waals surface area contributed by atoms with E-state index in [1.54, 1.807) is 16.6 Å². The highest BCUT2D eigenvalue weighted by atomic mass is 16.4. The number of carboxylic acid groups (broad SMARTS) is 1. The molecule has 0 bridgehead atoms. The van der Waals surface area contributed by atoms with Crippen molar-refractivity contribution in [2.75, 3.05) is 0 Å². The van der Waals surface area contributed by atoms with E-state index in [9.17, 15) is 9.59 Å². The van der Waals surface area contributed by atoms with Gasteiger partial charge in [0.1, 0.15) is 5.69 Å². The molecule has 0 saturated carbocycles. The van der Waals surface area contributed by atoms with E-state index in [1.165, 1.54) is 6.20 Å². The quantitative estimate of drug-likeness (QED) is 0.497. The van der Waals surface area contributed by atoms with Gasteiger partial charge in [0.2, 0.25) is 0 Å². The highest BCUT2D eigenvalue weighted by Gasteiger charge is 2.14. The second kappa shape index (κ2) is 9.29. The third-order valence-electron chi connectivity index (χ3n) is 4.34. The molecule has 0 radical (unpaired) electrons. The minimum atomic E-state index is -0.786. The predicted molar refractivity (Wildman–Crippen MR) is 116 cm³/mol. The highest BCUT2D eigenvalue weighted by molar-refractivity contribution is 6.01. The van der Waals surface area contributed by atoms with Crippen LogP contribution in [0.1, 0.15) is 15.9 Å². The molecule has 0 aliphatic carbocycles. The molecule has 150 valence electrons. The third kappa shape index (κ3) is 4.77. The first-order chi connectivity index (χ1) is 14.5. The number of hydrogen-bond donors (Lipinski definition) is 2. The van der Waals surface area contributed by atoms with Gasteiger partial charge >= 0.3 is 5.97 Å². The zero-order chi connectivity index (χ0) is 21.5. The van der Waals surface area contributed by atoms with Gasteiger partial charge in [0.05, 0.1) is 23.7 Å². The van der Waals surface area contributed by atoms with Crippen LogP contribution in [0, 0.1) is 0 Å². The summed E-state index contributed by atoms with van der Waals surface area (Å²) in [5.74, 6) is -1.35. The van der Waals surface area contributed by atoms with Crippen LogP contribution >= 0.6 is 0 Å². The van der Waals surface area contributed by atoms with Crippen molar-refractivity contribution in [3.8, 4) is 11.1 Å². The first-order valence-electron chi connectivity index (χ1n) is 9.08. The van der Waals surface area contributed by atoms with Gasteiger partial charge in [-0.15, -0.1) is 0 Å². The molecule has 2 heterocycles. The molecule has 0 spiro atoms. The van der Waals surface area contributed by atoms with Crippen LogP contribution in [0.15, 0.2) is 84.1 Å². The van der Waals surface area contributed by atoms with Crippen molar-refractivity contribution in [2.45, 2.75) is 6.42 Å². The lowest BCUT2D eigenvalue weighted by Crippen LogP contribution is -2.12. The number of benzene rings is 2. The maximum Gasteiger partial charge on any atom is 0.307 e. The number of nitrogens with two attached hydrogens (primary N) is 1. The van der Waals surface area contributed by atoms with Crippen LogP contribution < -0.4 is 5.73 Å². The number of primary amides is 1. The Morgan fingerprint density at radius 1 is 1.03 bits per heavy atom. The molecule has 2 aromatic carbocycles. The number of fused-ring (bicyclic) bond motifs is 1. The van der Waals surface area contributed by atoms with Crippen LogP contribution in [0.3, 0.4) is 0 Å². The Kier molecular flexibility index (Phi) is 6.34. The second-order valence-corrected chi connectivity index (χ2v) is 6.41. The fourth-order valence-corrected chi connectivity index (χ4v) is 2.95. The number of carboxylic acids is 1. The molecule has 2 aromatic heterocycles. The van der Waals surface area contributed by atoms with Crippen LogP contribution in [0.2, 0.25) is 0 Å². The summed E-state index contributed by atoms with van der Waals surface area (Å²) in [6, 6.07) is 20.9. The lowest BCUT2D eigenvalue weighted by atomic mass is 10.1. The number of nitrogens with zero attached hydrogens (tertiary/aromatic N) is 3. The average Bonchev–Trinajstić information content (AvgIpc) is 3.19. The number of aliphatic carboxylic acids is 1. The van der Waals surface area contributed by atoms with Gasteiger partial charge in [-0.25, -0.2) is 4.52 Å². The molecule has 4 rings (SSSR count). The lowest BCUT2D eigenvalue weighted by Gasteiger charge is -2.02. The number of aliphatic imine (C=N–C) groups is 1. The van der Waals surface area contributed by atoms with Crippen molar-refractivity contribution in [1.29, 1.82) is 0 Å². The van der Waals surface area contributed by atoms with E-state index in [0.29, 0.717) is 11.2 Å². The summed E-state index contributed by atoms with van der Waals surface area (Å²) in [5.41, 5.74) is 9.65. The standard InChI is InChI=1S/C15H12N4O.C8H8O2/c1-17-14-12(15(16)20)8-18-19-9-11(7-13(14)19)10-5-3-2-4-6-10;9-8(10)6-7-4-2-1-3-5-7/h2-9H,1H2,(H2,16,20);1-5H,6H2,(H,9,10). The lowest BCUT2D eigenvalue weighted by molar-refractivity contribution is -0.136.